The molecule has 0 fully saturated rings. The van der Waals surface area contributed by atoms with Gasteiger partial charge in [0.15, 0.2) is 5.69 Å². The van der Waals surface area contributed by atoms with Crippen LogP contribution >= 0.6 is 11.6 Å². The van der Waals surface area contributed by atoms with Gasteiger partial charge in [-0.05, 0) is 48.4 Å². The second-order valence-corrected chi connectivity index (χ2v) is 6.38. The SMILES string of the molecule is Fc1ccc(C[n+]2cc(-c3ccc(Cl)cc3)n3c2CCC3)cc1.[Cl-]. The smallest absolute Gasteiger partial charge is 0.257 e. The lowest BCUT2D eigenvalue weighted by Crippen LogP contribution is -3.00. The van der Waals surface area contributed by atoms with Crippen LogP contribution in [0.15, 0.2) is 54.7 Å². The van der Waals surface area contributed by atoms with Gasteiger partial charge in [0.2, 0.25) is 0 Å². The fourth-order valence-electron chi connectivity index (χ4n) is 3.28. The molecule has 0 atom stereocenters. The fraction of sp³-hybridized carbons (Fsp3) is 0.211. The van der Waals surface area contributed by atoms with Crippen molar-refractivity contribution in [3.05, 3.63) is 77.0 Å². The lowest BCUT2D eigenvalue weighted by atomic mass is 10.1. The standard InChI is InChI=1S/C19H17ClFN2.ClH/c20-16-7-5-15(6-8-16)18-13-22(19-2-1-11-23(18)19)12-14-3-9-17(21)10-4-14;/h3-10,13H,1-2,11-12H2;1H/q+1;/p-1. The van der Waals surface area contributed by atoms with Gasteiger partial charge in [0.25, 0.3) is 5.82 Å². The second-order valence-electron chi connectivity index (χ2n) is 5.95. The molecule has 1 aliphatic rings. The summed E-state index contributed by atoms with van der Waals surface area (Å²) in [4.78, 5) is 0. The number of imidazole rings is 1. The molecule has 0 unspecified atom stereocenters. The molecule has 0 bridgehead atoms. The number of fused-ring (bicyclic) bond motifs is 1. The molecule has 1 aliphatic heterocycles. The Balaban J connectivity index is 0.00000169. The summed E-state index contributed by atoms with van der Waals surface area (Å²) >= 11 is 6.00. The fourth-order valence-corrected chi connectivity index (χ4v) is 3.41. The van der Waals surface area contributed by atoms with Gasteiger partial charge in [-0.1, -0.05) is 23.7 Å². The minimum Gasteiger partial charge on any atom is -1.00 e. The van der Waals surface area contributed by atoms with E-state index in [1.54, 1.807) is 0 Å². The Hall–Kier alpha value is -1.84. The largest absolute Gasteiger partial charge is 1.00 e. The van der Waals surface area contributed by atoms with Gasteiger partial charge in [-0.2, -0.15) is 0 Å². The predicted octanol–water partition coefficient (Wildman–Crippen LogP) is 1.23. The summed E-state index contributed by atoms with van der Waals surface area (Å²) in [6.07, 6.45) is 4.44. The number of benzene rings is 2. The van der Waals surface area contributed by atoms with Gasteiger partial charge in [-0.25, -0.2) is 13.5 Å². The van der Waals surface area contributed by atoms with Crippen molar-refractivity contribution in [2.24, 2.45) is 0 Å². The topological polar surface area (TPSA) is 8.81 Å². The molecule has 0 aliphatic carbocycles. The average molecular weight is 363 g/mol. The molecule has 24 heavy (non-hydrogen) atoms. The molecule has 0 amide bonds. The molecule has 4 rings (SSSR count). The van der Waals surface area contributed by atoms with Crippen molar-refractivity contribution in [3.8, 4) is 11.3 Å². The van der Waals surface area contributed by atoms with E-state index < -0.39 is 0 Å². The number of hydrogen-bond acceptors (Lipinski definition) is 0. The Morgan fingerprint density at radius 2 is 1.75 bits per heavy atom. The normalized spacial score (nSPS) is 12.8. The number of nitrogens with zero attached hydrogens (tertiary/aromatic N) is 2. The third kappa shape index (κ3) is 3.19. The number of hydrogen-bond donors (Lipinski definition) is 0. The van der Waals surface area contributed by atoms with Crippen LogP contribution in [0.25, 0.3) is 11.3 Å². The number of halogens is 3. The quantitative estimate of drug-likeness (QED) is 0.619. The first-order chi connectivity index (χ1) is 11.2. The Bertz CT molecular complexity index is 839. The molecular formula is C19H17Cl2FN2. The zero-order chi connectivity index (χ0) is 15.8. The summed E-state index contributed by atoms with van der Waals surface area (Å²) in [5.74, 6) is 1.14. The Morgan fingerprint density at radius 1 is 1.04 bits per heavy atom. The first-order valence-corrected chi connectivity index (χ1v) is 8.21. The van der Waals surface area contributed by atoms with Crippen molar-refractivity contribution < 1.29 is 21.4 Å². The highest BCUT2D eigenvalue weighted by Gasteiger charge is 2.28. The van der Waals surface area contributed by atoms with Gasteiger partial charge in [0.05, 0.1) is 13.0 Å². The van der Waals surface area contributed by atoms with E-state index in [0.717, 1.165) is 30.1 Å². The van der Waals surface area contributed by atoms with Crippen LogP contribution in [0.2, 0.25) is 5.02 Å². The zero-order valence-electron chi connectivity index (χ0n) is 13.1. The van der Waals surface area contributed by atoms with E-state index in [2.05, 4.69) is 27.5 Å². The maximum atomic E-state index is 13.1. The van der Waals surface area contributed by atoms with Crippen LogP contribution in [0, 0.1) is 5.82 Å². The van der Waals surface area contributed by atoms with E-state index in [1.165, 1.54) is 35.6 Å². The van der Waals surface area contributed by atoms with Crippen LogP contribution in [0.1, 0.15) is 17.8 Å². The highest BCUT2D eigenvalue weighted by atomic mass is 35.5. The molecule has 0 saturated heterocycles. The van der Waals surface area contributed by atoms with E-state index in [1.807, 2.05) is 24.3 Å². The van der Waals surface area contributed by atoms with Crippen molar-refractivity contribution in [2.45, 2.75) is 25.9 Å². The van der Waals surface area contributed by atoms with Gasteiger partial charge < -0.3 is 12.4 Å². The molecular weight excluding hydrogens is 346 g/mol. The number of rotatable bonds is 3. The van der Waals surface area contributed by atoms with E-state index in [-0.39, 0.29) is 18.2 Å². The molecule has 5 heteroatoms. The molecule has 0 spiro atoms. The van der Waals surface area contributed by atoms with Crippen molar-refractivity contribution >= 4 is 11.6 Å². The monoisotopic (exact) mass is 362 g/mol. The molecule has 3 aromatic rings. The maximum Gasteiger partial charge on any atom is 0.257 e. The third-order valence-corrected chi connectivity index (χ3v) is 4.65. The van der Waals surface area contributed by atoms with Gasteiger partial charge in [0, 0.05) is 10.6 Å². The lowest BCUT2D eigenvalue weighted by Gasteiger charge is -1.99. The number of aromatic nitrogens is 2. The van der Waals surface area contributed by atoms with E-state index in [0.29, 0.717) is 0 Å². The van der Waals surface area contributed by atoms with Crippen molar-refractivity contribution in [1.29, 1.82) is 0 Å². The van der Waals surface area contributed by atoms with Gasteiger partial charge >= 0.3 is 0 Å². The summed E-state index contributed by atoms with van der Waals surface area (Å²) in [5.41, 5.74) is 3.51. The van der Waals surface area contributed by atoms with Gasteiger partial charge in [-0.15, -0.1) is 0 Å². The Morgan fingerprint density at radius 3 is 2.46 bits per heavy atom. The maximum absolute atomic E-state index is 13.1. The van der Waals surface area contributed by atoms with Crippen LogP contribution in [-0.2, 0) is 19.5 Å². The van der Waals surface area contributed by atoms with Crippen molar-refractivity contribution in [3.63, 3.8) is 0 Å². The highest BCUT2D eigenvalue weighted by Crippen LogP contribution is 2.26. The minimum atomic E-state index is -0.192. The second kappa shape index (κ2) is 6.96. The third-order valence-electron chi connectivity index (χ3n) is 4.40. The molecule has 0 radical (unpaired) electrons. The van der Waals surface area contributed by atoms with Crippen LogP contribution in [0.5, 0.6) is 0 Å². The summed E-state index contributed by atoms with van der Waals surface area (Å²) in [6, 6.07) is 14.7. The first kappa shape index (κ1) is 17.0. The molecule has 0 N–H and O–H groups in total. The van der Waals surface area contributed by atoms with E-state index in [4.69, 9.17) is 11.6 Å². The molecule has 1 aromatic heterocycles. The minimum absolute atomic E-state index is 0. The first-order valence-electron chi connectivity index (χ1n) is 7.83. The lowest BCUT2D eigenvalue weighted by molar-refractivity contribution is -0.694. The van der Waals surface area contributed by atoms with Crippen LogP contribution in [0.4, 0.5) is 4.39 Å². The van der Waals surface area contributed by atoms with Gasteiger partial charge in [0.1, 0.15) is 18.6 Å². The molecule has 2 nitrogen and oxygen atoms in total. The van der Waals surface area contributed by atoms with Crippen molar-refractivity contribution in [2.75, 3.05) is 0 Å². The average Bonchev–Trinajstić information content (AvgIpc) is 3.14. The summed E-state index contributed by atoms with van der Waals surface area (Å²) in [5, 5.41) is 0.751. The molecule has 2 aromatic carbocycles. The van der Waals surface area contributed by atoms with E-state index >= 15 is 0 Å². The van der Waals surface area contributed by atoms with Crippen LogP contribution in [-0.4, -0.2) is 4.57 Å². The van der Waals surface area contributed by atoms with Crippen LogP contribution in [0.3, 0.4) is 0 Å². The predicted molar refractivity (Wildman–Crippen MR) is 88.9 cm³/mol. The molecule has 2 heterocycles. The van der Waals surface area contributed by atoms with Crippen molar-refractivity contribution in [1.82, 2.24) is 4.57 Å². The zero-order valence-corrected chi connectivity index (χ0v) is 14.6. The van der Waals surface area contributed by atoms with E-state index in [9.17, 15) is 4.39 Å². The Labute approximate surface area is 151 Å². The summed E-state index contributed by atoms with van der Waals surface area (Å²) in [7, 11) is 0. The molecule has 0 saturated carbocycles. The molecule has 124 valence electrons. The summed E-state index contributed by atoms with van der Waals surface area (Å²) < 4.78 is 17.7. The van der Waals surface area contributed by atoms with Gasteiger partial charge in [-0.3, -0.25) is 0 Å². The summed E-state index contributed by atoms with van der Waals surface area (Å²) in [6.45, 7) is 1.81. The highest BCUT2D eigenvalue weighted by molar-refractivity contribution is 6.30. The Kier molecular flexibility index (Phi) is 4.93. The van der Waals surface area contributed by atoms with Crippen LogP contribution < -0.4 is 17.0 Å².